The van der Waals surface area contributed by atoms with Crippen LogP contribution >= 0.6 is 23.2 Å². The van der Waals surface area contributed by atoms with Crippen LogP contribution in [0.15, 0.2) is 55.1 Å². The fourth-order valence-electron chi connectivity index (χ4n) is 2.45. The lowest BCUT2D eigenvalue weighted by molar-refractivity contribution is -0.487. The highest BCUT2D eigenvalue weighted by molar-refractivity contribution is 6.36. The molecule has 0 fully saturated rings. The molecule has 0 spiro atoms. The molecule has 1 atom stereocenters. The van der Waals surface area contributed by atoms with Gasteiger partial charge in [-0.3, -0.25) is 4.79 Å². The van der Waals surface area contributed by atoms with E-state index in [9.17, 15) is 10.0 Å². The maximum atomic E-state index is 13.1. The van der Waals surface area contributed by atoms with Crippen molar-refractivity contribution in [2.45, 2.75) is 26.1 Å². The van der Waals surface area contributed by atoms with Crippen molar-refractivity contribution in [1.29, 1.82) is 0 Å². The van der Waals surface area contributed by atoms with Crippen LogP contribution in [-0.2, 0) is 0 Å². The van der Waals surface area contributed by atoms with Crippen molar-refractivity contribution in [2.24, 2.45) is 0 Å². The molecule has 0 unspecified atom stereocenters. The van der Waals surface area contributed by atoms with Crippen LogP contribution in [0.4, 0.5) is 0 Å². The Hall–Kier alpha value is -2.90. The van der Waals surface area contributed by atoms with Crippen molar-refractivity contribution < 1.29 is 14.3 Å². The molecule has 3 aromatic rings. The minimum absolute atomic E-state index is 0.163. The zero-order valence-electron chi connectivity index (χ0n) is 15.7. The van der Waals surface area contributed by atoms with Gasteiger partial charge in [0.1, 0.15) is 18.4 Å². The molecule has 29 heavy (non-hydrogen) atoms. The van der Waals surface area contributed by atoms with E-state index in [4.69, 9.17) is 27.9 Å². The predicted octanol–water partition coefficient (Wildman–Crippen LogP) is 4.38. The second kappa shape index (κ2) is 9.07. The fourth-order valence-corrected chi connectivity index (χ4v) is 2.95. The Labute approximate surface area is 177 Å². The number of ether oxygens (including phenoxy) is 1. The Morgan fingerprint density at radius 1 is 1.21 bits per heavy atom. The van der Waals surface area contributed by atoms with Gasteiger partial charge in [0.2, 0.25) is 5.78 Å². The van der Waals surface area contributed by atoms with Gasteiger partial charge in [-0.05, 0) is 56.3 Å². The van der Waals surface area contributed by atoms with Crippen molar-refractivity contribution in [2.75, 3.05) is 0 Å². The Balaban J connectivity index is 1.87. The van der Waals surface area contributed by atoms with Crippen molar-refractivity contribution in [3.8, 4) is 5.75 Å². The van der Waals surface area contributed by atoms with Crippen LogP contribution < -0.4 is 4.74 Å². The molecular weight excluding hydrogens is 415 g/mol. The van der Waals surface area contributed by atoms with Crippen LogP contribution in [0.25, 0.3) is 0 Å². The van der Waals surface area contributed by atoms with Crippen molar-refractivity contribution >= 4 is 35.2 Å². The Morgan fingerprint density at radius 2 is 1.93 bits per heavy atom. The molecule has 7 nitrogen and oxygen atoms in total. The largest absolute Gasteiger partial charge is 0.624 e. The molecule has 0 amide bonds. The van der Waals surface area contributed by atoms with Gasteiger partial charge in [-0.25, -0.2) is 14.4 Å². The average molecular weight is 433 g/mol. The maximum Gasteiger partial charge on any atom is 0.256 e. The fraction of sp³-hybridized carbons (Fsp3) is 0.200. The molecule has 9 heteroatoms. The molecule has 1 aromatic heterocycles. The van der Waals surface area contributed by atoms with Crippen molar-refractivity contribution in [3.63, 3.8) is 0 Å². The smallest absolute Gasteiger partial charge is 0.256 e. The summed E-state index contributed by atoms with van der Waals surface area (Å²) in [5.41, 5.74) is 0.964. The van der Waals surface area contributed by atoms with Crippen molar-refractivity contribution in [3.05, 3.63) is 81.5 Å². The number of rotatable bonds is 7. The minimum Gasteiger partial charge on any atom is -0.624 e. The highest BCUT2D eigenvalue weighted by Gasteiger charge is 2.26. The second-order valence-electron chi connectivity index (χ2n) is 6.49. The van der Waals surface area contributed by atoms with Crippen LogP contribution in [0, 0.1) is 5.21 Å². The van der Waals surface area contributed by atoms with E-state index in [-0.39, 0.29) is 16.6 Å². The van der Waals surface area contributed by atoms with Gasteiger partial charge >= 0.3 is 0 Å². The monoisotopic (exact) mass is 432 g/mol. The number of hydroxylamine groups is 1. The third kappa shape index (κ3) is 5.13. The summed E-state index contributed by atoms with van der Waals surface area (Å²) in [4.78, 5) is 17.0. The van der Waals surface area contributed by atoms with Gasteiger partial charge in [-0.15, -0.1) is 0 Å². The summed E-state index contributed by atoms with van der Waals surface area (Å²) in [6.07, 6.45) is 3.06. The molecule has 2 aromatic carbocycles. The zero-order chi connectivity index (χ0) is 21.0. The highest BCUT2D eigenvalue weighted by atomic mass is 35.5. The minimum atomic E-state index is -1.11. The molecule has 1 heterocycles. The van der Waals surface area contributed by atoms with E-state index >= 15 is 0 Å². The summed E-state index contributed by atoms with van der Waals surface area (Å²) >= 11 is 12.1. The molecule has 0 radical (unpaired) electrons. The first-order valence-electron chi connectivity index (χ1n) is 8.75. The van der Waals surface area contributed by atoms with Gasteiger partial charge in [0.25, 0.3) is 6.23 Å². The number of nitrogens with zero attached hydrogens (tertiary/aromatic N) is 4. The number of halogens is 2. The SMILES string of the molecule is CC(C)/[N+]([O-])=C/c1ccc(O[C@@H](C(=O)c2ccc(Cl)cc2Cl)n2cncn2)cc1. The van der Waals surface area contributed by atoms with E-state index in [0.29, 0.717) is 16.3 Å². The maximum absolute atomic E-state index is 13.1. The summed E-state index contributed by atoms with van der Waals surface area (Å²) in [6.45, 7) is 3.61. The third-order valence-electron chi connectivity index (χ3n) is 4.01. The highest BCUT2D eigenvalue weighted by Crippen LogP contribution is 2.26. The first-order chi connectivity index (χ1) is 13.8. The lowest BCUT2D eigenvalue weighted by Crippen LogP contribution is -2.26. The Bertz CT molecular complexity index is 1020. The number of aromatic nitrogens is 3. The summed E-state index contributed by atoms with van der Waals surface area (Å²) in [7, 11) is 0. The van der Waals surface area contributed by atoms with Crippen LogP contribution in [0.1, 0.15) is 36.0 Å². The second-order valence-corrected chi connectivity index (χ2v) is 7.33. The van der Waals surface area contributed by atoms with Gasteiger partial charge in [-0.1, -0.05) is 23.2 Å². The van der Waals surface area contributed by atoms with E-state index in [1.165, 1.54) is 35.7 Å². The number of hydrogen-bond acceptors (Lipinski definition) is 5. The summed E-state index contributed by atoms with van der Waals surface area (Å²) in [5.74, 6) is 0.0152. The van der Waals surface area contributed by atoms with Crippen molar-refractivity contribution in [1.82, 2.24) is 14.8 Å². The van der Waals surface area contributed by atoms with Gasteiger partial charge in [-0.2, -0.15) is 5.10 Å². The van der Waals surface area contributed by atoms with E-state index in [1.54, 1.807) is 44.2 Å². The molecule has 0 aliphatic rings. The summed E-state index contributed by atoms with van der Waals surface area (Å²) in [5, 5.41) is 16.4. The third-order valence-corrected chi connectivity index (χ3v) is 4.56. The molecule has 0 saturated heterocycles. The van der Waals surface area contributed by atoms with Gasteiger partial charge in [0.15, 0.2) is 12.3 Å². The predicted molar refractivity (Wildman–Crippen MR) is 111 cm³/mol. The van der Waals surface area contributed by atoms with E-state index in [1.807, 2.05) is 0 Å². The van der Waals surface area contributed by atoms with Gasteiger partial charge < -0.3 is 9.94 Å². The molecule has 0 bridgehead atoms. The number of carbonyl (C=O) groups excluding carboxylic acids is 1. The number of ketones is 1. The number of benzene rings is 2. The molecule has 0 aliphatic heterocycles. The lowest BCUT2D eigenvalue weighted by atomic mass is 10.1. The number of carbonyl (C=O) groups is 1. The van der Waals surface area contributed by atoms with E-state index < -0.39 is 12.0 Å². The lowest BCUT2D eigenvalue weighted by Gasteiger charge is -2.18. The first kappa shape index (κ1) is 20.8. The molecule has 0 aliphatic carbocycles. The molecule has 150 valence electrons. The number of Topliss-reactive ketones (excluding diaryl/α,β-unsaturated/α-hetero) is 1. The van der Waals surface area contributed by atoms with Crippen LogP contribution in [-0.4, -0.2) is 37.5 Å². The number of hydrogen-bond donors (Lipinski definition) is 0. The Morgan fingerprint density at radius 3 is 2.52 bits per heavy atom. The molecule has 0 saturated carbocycles. The average Bonchev–Trinajstić information content (AvgIpc) is 3.21. The molecule has 0 N–H and O–H groups in total. The molecule has 3 rings (SSSR count). The van der Waals surface area contributed by atoms with Gasteiger partial charge in [0, 0.05) is 16.1 Å². The Kier molecular flexibility index (Phi) is 6.51. The van der Waals surface area contributed by atoms with E-state index in [2.05, 4.69) is 10.1 Å². The summed E-state index contributed by atoms with van der Waals surface area (Å²) in [6, 6.07) is 11.2. The quantitative estimate of drug-likeness (QED) is 0.182. The van der Waals surface area contributed by atoms with E-state index in [0.717, 1.165) is 4.74 Å². The van der Waals surface area contributed by atoms with Gasteiger partial charge in [0.05, 0.1) is 5.02 Å². The standard InChI is InChI=1S/C20H18Cl2N4O3/c1-13(2)26(28)10-14-3-6-16(7-4-14)29-20(25-12-23-11-24-25)19(27)17-8-5-15(21)9-18(17)22/h3-13,20H,1-2H3/b26-10-/t20-/m0/s1. The van der Waals surface area contributed by atoms with Crippen LogP contribution in [0.3, 0.4) is 0 Å². The topological polar surface area (TPSA) is 83.1 Å². The summed E-state index contributed by atoms with van der Waals surface area (Å²) < 4.78 is 8.04. The van der Waals surface area contributed by atoms with Crippen LogP contribution in [0.2, 0.25) is 10.0 Å². The zero-order valence-corrected chi connectivity index (χ0v) is 17.2. The first-order valence-corrected chi connectivity index (χ1v) is 9.51. The van der Waals surface area contributed by atoms with Crippen LogP contribution in [0.5, 0.6) is 5.75 Å². The normalized spacial score (nSPS) is 12.8. The molecular formula is C20H18Cl2N4O3.